The monoisotopic (exact) mass is 267 g/mol. The molecule has 19 heavy (non-hydrogen) atoms. The van der Waals surface area contributed by atoms with Crippen molar-refractivity contribution in [2.75, 3.05) is 0 Å². The van der Waals surface area contributed by atoms with Gasteiger partial charge < -0.3 is 5.73 Å². The van der Waals surface area contributed by atoms with Gasteiger partial charge in [0, 0.05) is 11.6 Å². The van der Waals surface area contributed by atoms with Crippen LogP contribution in [-0.4, -0.2) is 0 Å². The van der Waals surface area contributed by atoms with Crippen molar-refractivity contribution >= 4 is 0 Å². The van der Waals surface area contributed by atoms with Crippen LogP contribution in [0.4, 0.5) is 8.78 Å². The first-order valence-electron chi connectivity index (χ1n) is 7.19. The van der Waals surface area contributed by atoms with E-state index in [4.69, 9.17) is 5.73 Å². The summed E-state index contributed by atoms with van der Waals surface area (Å²) in [5.74, 6) is 0.915. The second kappa shape index (κ2) is 6.00. The van der Waals surface area contributed by atoms with Crippen molar-refractivity contribution in [1.82, 2.24) is 0 Å². The lowest BCUT2D eigenvalue weighted by Crippen LogP contribution is -2.28. The summed E-state index contributed by atoms with van der Waals surface area (Å²) < 4.78 is 27.0. The van der Waals surface area contributed by atoms with Crippen molar-refractivity contribution in [3.8, 4) is 0 Å². The van der Waals surface area contributed by atoms with Crippen molar-refractivity contribution in [2.24, 2.45) is 23.5 Å². The van der Waals surface area contributed by atoms with E-state index in [1.165, 1.54) is 12.1 Å². The molecule has 0 heterocycles. The summed E-state index contributed by atoms with van der Waals surface area (Å²) in [5, 5.41) is 0. The van der Waals surface area contributed by atoms with Gasteiger partial charge in [0.2, 0.25) is 0 Å². The van der Waals surface area contributed by atoms with Crippen LogP contribution in [0.25, 0.3) is 0 Å². The zero-order valence-corrected chi connectivity index (χ0v) is 11.7. The predicted molar refractivity (Wildman–Crippen MR) is 73.6 cm³/mol. The fourth-order valence-corrected chi connectivity index (χ4v) is 3.19. The van der Waals surface area contributed by atoms with Crippen molar-refractivity contribution in [1.29, 1.82) is 0 Å². The minimum Gasteiger partial charge on any atom is -0.324 e. The van der Waals surface area contributed by atoms with Crippen LogP contribution in [-0.2, 0) is 0 Å². The Morgan fingerprint density at radius 3 is 2.21 bits per heavy atom. The highest BCUT2D eigenvalue weighted by Crippen LogP contribution is 2.38. The smallest absolute Gasteiger partial charge is 0.128 e. The molecule has 2 N–H and O–H groups in total. The Bertz CT molecular complexity index is 423. The van der Waals surface area contributed by atoms with Crippen LogP contribution in [0, 0.1) is 29.4 Å². The van der Waals surface area contributed by atoms with Crippen molar-refractivity contribution < 1.29 is 8.78 Å². The normalized spacial score (nSPS) is 25.6. The van der Waals surface area contributed by atoms with Crippen molar-refractivity contribution in [3.63, 3.8) is 0 Å². The molecule has 1 nitrogen and oxygen atoms in total. The Morgan fingerprint density at radius 1 is 1.05 bits per heavy atom. The second-order valence-corrected chi connectivity index (χ2v) is 6.11. The molecule has 0 aliphatic heterocycles. The molecule has 1 fully saturated rings. The predicted octanol–water partition coefficient (Wildman–Crippen LogP) is 4.43. The number of hydrogen-bond donors (Lipinski definition) is 1. The zero-order valence-electron chi connectivity index (χ0n) is 11.7. The molecule has 2 rings (SSSR count). The van der Waals surface area contributed by atoms with Gasteiger partial charge in [0.05, 0.1) is 0 Å². The van der Waals surface area contributed by atoms with Gasteiger partial charge in [-0.3, -0.25) is 0 Å². The summed E-state index contributed by atoms with van der Waals surface area (Å²) in [4.78, 5) is 0. The quantitative estimate of drug-likeness (QED) is 0.861. The topological polar surface area (TPSA) is 26.0 Å². The SMILES string of the molecule is CC(C)C1CCC(C(N)c2cc(F)ccc2F)CC1. The molecule has 1 unspecified atom stereocenters. The van der Waals surface area contributed by atoms with Crippen LogP contribution in [0.1, 0.15) is 51.1 Å². The van der Waals surface area contributed by atoms with Gasteiger partial charge in [0.1, 0.15) is 11.6 Å². The molecule has 1 aliphatic rings. The summed E-state index contributed by atoms with van der Waals surface area (Å²) in [5.41, 5.74) is 6.48. The largest absolute Gasteiger partial charge is 0.324 e. The minimum atomic E-state index is -0.414. The Morgan fingerprint density at radius 2 is 1.63 bits per heavy atom. The Hall–Kier alpha value is -0.960. The third-order valence-electron chi connectivity index (χ3n) is 4.58. The molecule has 1 aliphatic carbocycles. The molecule has 0 saturated heterocycles. The molecule has 1 saturated carbocycles. The number of rotatable bonds is 3. The van der Waals surface area contributed by atoms with Gasteiger partial charge in [-0.15, -0.1) is 0 Å². The van der Waals surface area contributed by atoms with Gasteiger partial charge in [0.15, 0.2) is 0 Å². The molecule has 0 aromatic heterocycles. The molecule has 0 spiro atoms. The first-order valence-corrected chi connectivity index (χ1v) is 7.19. The minimum absolute atomic E-state index is 0.270. The molecule has 0 bridgehead atoms. The van der Waals surface area contributed by atoms with E-state index in [0.717, 1.165) is 37.7 Å². The molecule has 106 valence electrons. The highest BCUT2D eigenvalue weighted by atomic mass is 19.1. The van der Waals surface area contributed by atoms with E-state index in [9.17, 15) is 8.78 Å². The molecular formula is C16H23F2N. The van der Waals surface area contributed by atoms with Gasteiger partial charge in [-0.2, -0.15) is 0 Å². The first-order chi connectivity index (χ1) is 8.99. The highest BCUT2D eigenvalue weighted by molar-refractivity contribution is 5.22. The van der Waals surface area contributed by atoms with E-state index in [0.29, 0.717) is 11.5 Å². The summed E-state index contributed by atoms with van der Waals surface area (Å²) in [6.45, 7) is 4.49. The highest BCUT2D eigenvalue weighted by Gasteiger charge is 2.29. The third-order valence-corrected chi connectivity index (χ3v) is 4.58. The van der Waals surface area contributed by atoms with Gasteiger partial charge in [-0.1, -0.05) is 13.8 Å². The lowest BCUT2D eigenvalue weighted by molar-refractivity contribution is 0.202. The van der Waals surface area contributed by atoms with Gasteiger partial charge in [-0.05, 0) is 61.6 Å². The van der Waals surface area contributed by atoms with Crippen molar-refractivity contribution in [2.45, 2.75) is 45.6 Å². The maximum atomic E-state index is 13.7. The van der Waals surface area contributed by atoms with Gasteiger partial charge in [-0.25, -0.2) is 8.78 Å². The summed E-state index contributed by atoms with van der Waals surface area (Å²) in [7, 11) is 0. The standard InChI is InChI=1S/C16H23F2N/c1-10(2)11-3-5-12(6-4-11)16(19)14-9-13(17)7-8-15(14)18/h7-12,16H,3-6,19H2,1-2H3. The number of nitrogens with two attached hydrogens (primary N) is 1. The fourth-order valence-electron chi connectivity index (χ4n) is 3.19. The molecule has 0 radical (unpaired) electrons. The second-order valence-electron chi connectivity index (χ2n) is 6.11. The van der Waals surface area contributed by atoms with E-state index in [-0.39, 0.29) is 17.8 Å². The van der Waals surface area contributed by atoms with E-state index in [1.807, 2.05) is 0 Å². The molecule has 3 heteroatoms. The van der Waals surface area contributed by atoms with E-state index >= 15 is 0 Å². The van der Waals surface area contributed by atoms with E-state index < -0.39 is 5.82 Å². The van der Waals surface area contributed by atoms with Gasteiger partial charge >= 0.3 is 0 Å². The van der Waals surface area contributed by atoms with Gasteiger partial charge in [0.25, 0.3) is 0 Å². The molecular weight excluding hydrogens is 244 g/mol. The number of benzene rings is 1. The third kappa shape index (κ3) is 3.33. The van der Waals surface area contributed by atoms with Crippen LogP contribution >= 0.6 is 0 Å². The molecule has 1 atom stereocenters. The molecule has 1 aromatic carbocycles. The first kappa shape index (κ1) is 14.4. The molecule has 1 aromatic rings. The van der Waals surface area contributed by atoms with E-state index in [1.54, 1.807) is 0 Å². The summed E-state index contributed by atoms with van der Waals surface area (Å²) in [6, 6.07) is 3.17. The van der Waals surface area contributed by atoms with Crippen LogP contribution in [0.5, 0.6) is 0 Å². The van der Waals surface area contributed by atoms with E-state index in [2.05, 4.69) is 13.8 Å². The summed E-state index contributed by atoms with van der Waals surface area (Å²) in [6.07, 6.45) is 4.32. The maximum Gasteiger partial charge on any atom is 0.128 e. The Balaban J connectivity index is 2.05. The lowest BCUT2D eigenvalue weighted by Gasteiger charge is -2.34. The van der Waals surface area contributed by atoms with Crippen LogP contribution in [0.15, 0.2) is 18.2 Å². The average Bonchev–Trinajstić information content (AvgIpc) is 2.41. The molecule has 0 amide bonds. The summed E-state index contributed by atoms with van der Waals surface area (Å²) >= 11 is 0. The van der Waals surface area contributed by atoms with Crippen molar-refractivity contribution in [3.05, 3.63) is 35.4 Å². The fraction of sp³-hybridized carbons (Fsp3) is 0.625. The van der Waals surface area contributed by atoms with Crippen LogP contribution in [0.2, 0.25) is 0 Å². The lowest BCUT2D eigenvalue weighted by atomic mass is 9.73. The average molecular weight is 267 g/mol. The maximum absolute atomic E-state index is 13.7. The Labute approximate surface area is 114 Å². The van der Waals surface area contributed by atoms with Crippen LogP contribution in [0.3, 0.4) is 0 Å². The zero-order chi connectivity index (χ0) is 14.0. The number of hydrogen-bond acceptors (Lipinski definition) is 1. The van der Waals surface area contributed by atoms with Crippen LogP contribution < -0.4 is 5.73 Å². The number of halogens is 2. The Kier molecular flexibility index (Phi) is 4.56.